The lowest BCUT2D eigenvalue weighted by Crippen LogP contribution is -2.44. The molecule has 1 aliphatic rings. The average Bonchev–Trinajstić information content (AvgIpc) is 2.71. The molecule has 2 amide bonds. The van der Waals surface area contributed by atoms with Crippen LogP contribution in [0.1, 0.15) is 41.0 Å². The maximum absolute atomic E-state index is 12.3. The van der Waals surface area contributed by atoms with Crippen LogP contribution >= 0.6 is 0 Å². The second-order valence-electron chi connectivity index (χ2n) is 5.12. The molecule has 1 aromatic carbocycles. The fourth-order valence-corrected chi connectivity index (χ4v) is 2.49. The van der Waals surface area contributed by atoms with Crippen LogP contribution in [0.3, 0.4) is 0 Å². The highest BCUT2D eigenvalue weighted by Crippen LogP contribution is 2.28. The van der Waals surface area contributed by atoms with Gasteiger partial charge in [-0.1, -0.05) is 12.1 Å². The van der Waals surface area contributed by atoms with Gasteiger partial charge in [0.05, 0.1) is 11.1 Å². The lowest BCUT2D eigenvalue weighted by Gasteiger charge is -2.32. The first-order chi connectivity index (χ1) is 9.43. The Balaban J connectivity index is 2.23. The van der Waals surface area contributed by atoms with Gasteiger partial charge in [-0.25, -0.2) is 0 Å². The Labute approximate surface area is 118 Å². The average molecular weight is 277 g/mol. The van der Waals surface area contributed by atoms with Gasteiger partial charge in [-0.3, -0.25) is 14.5 Å². The fourth-order valence-electron chi connectivity index (χ4n) is 2.49. The van der Waals surface area contributed by atoms with Crippen LogP contribution in [0.2, 0.25) is 0 Å². The van der Waals surface area contributed by atoms with Gasteiger partial charge < -0.3 is 9.47 Å². The van der Waals surface area contributed by atoms with Gasteiger partial charge in [-0.2, -0.15) is 0 Å². The van der Waals surface area contributed by atoms with E-state index < -0.39 is 5.79 Å². The van der Waals surface area contributed by atoms with Crippen molar-refractivity contribution in [2.45, 2.75) is 32.1 Å². The van der Waals surface area contributed by atoms with Crippen LogP contribution in [-0.4, -0.2) is 42.8 Å². The molecule has 5 heteroatoms. The van der Waals surface area contributed by atoms with E-state index in [1.807, 2.05) is 6.92 Å². The Bertz CT molecular complexity index is 501. The first-order valence-corrected chi connectivity index (χ1v) is 6.50. The number of benzene rings is 1. The summed E-state index contributed by atoms with van der Waals surface area (Å²) in [6, 6.07) is 6.55. The van der Waals surface area contributed by atoms with E-state index in [9.17, 15) is 9.59 Å². The Hall–Kier alpha value is -1.72. The van der Waals surface area contributed by atoms with Crippen molar-refractivity contribution in [2.24, 2.45) is 0 Å². The third-order valence-corrected chi connectivity index (χ3v) is 3.80. The summed E-state index contributed by atoms with van der Waals surface area (Å²) in [5.41, 5.74) is 0.918. The number of nitrogens with zero attached hydrogens (tertiary/aromatic N) is 1. The number of methoxy groups -OCH3 is 2. The molecule has 0 bridgehead atoms. The molecule has 0 spiro atoms. The molecule has 0 unspecified atom stereocenters. The second kappa shape index (κ2) is 5.34. The van der Waals surface area contributed by atoms with Crippen LogP contribution in [0.15, 0.2) is 24.3 Å². The zero-order valence-corrected chi connectivity index (χ0v) is 12.2. The predicted molar refractivity (Wildman–Crippen MR) is 73.4 cm³/mol. The van der Waals surface area contributed by atoms with Gasteiger partial charge in [0.25, 0.3) is 11.8 Å². The molecule has 0 fully saturated rings. The predicted octanol–water partition coefficient (Wildman–Crippen LogP) is 2.07. The number of rotatable bonds is 5. The zero-order valence-electron chi connectivity index (χ0n) is 12.2. The van der Waals surface area contributed by atoms with Crippen molar-refractivity contribution in [3.63, 3.8) is 0 Å². The molecular weight excluding hydrogens is 258 g/mol. The highest BCUT2D eigenvalue weighted by Gasteiger charge is 2.40. The van der Waals surface area contributed by atoms with E-state index in [2.05, 4.69) is 0 Å². The van der Waals surface area contributed by atoms with Crippen molar-refractivity contribution in [3.05, 3.63) is 35.4 Å². The van der Waals surface area contributed by atoms with Gasteiger partial charge in [0.15, 0.2) is 5.79 Å². The van der Waals surface area contributed by atoms with Crippen molar-refractivity contribution in [2.75, 3.05) is 14.2 Å². The van der Waals surface area contributed by atoms with Crippen LogP contribution in [0.5, 0.6) is 0 Å². The Kier molecular flexibility index (Phi) is 3.92. The summed E-state index contributed by atoms with van der Waals surface area (Å²) in [5.74, 6) is -1.34. The Morgan fingerprint density at radius 1 is 1.10 bits per heavy atom. The molecule has 1 aliphatic heterocycles. The molecule has 0 N–H and O–H groups in total. The van der Waals surface area contributed by atoms with Gasteiger partial charge in [-0.15, -0.1) is 0 Å². The van der Waals surface area contributed by atoms with E-state index in [0.717, 1.165) is 0 Å². The number of fused-ring (bicyclic) bond motifs is 1. The Morgan fingerprint density at radius 3 is 1.95 bits per heavy atom. The summed E-state index contributed by atoms with van der Waals surface area (Å²) in [4.78, 5) is 25.9. The van der Waals surface area contributed by atoms with Crippen LogP contribution < -0.4 is 0 Å². The molecule has 1 atom stereocenters. The minimum atomic E-state index is -0.825. The topological polar surface area (TPSA) is 55.8 Å². The molecule has 5 nitrogen and oxygen atoms in total. The van der Waals surface area contributed by atoms with Gasteiger partial charge in [0.2, 0.25) is 0 Å². The lowest BCUT2D eigenvalue weighted by atomic mass is 10.1. The quantitative estimate of drug-likeness (QED) is 0.610. The molecule has 0 aromatic heterocycles. The van der Waals surface area contributed by atoms with Gasteiger partial charge in [0.1, 0.15) is 0 Å². The molecule has 1 aromatic rings. The van der Waals surface area contributed by atoms with E-state index in [1.54, 1.807) is 45.4 Å². The standard InChI is InChI=1S/C15H19NO4/c1-10(9-15(2,19-3)20-4)16-13(17)11-7-5-6-8-12(11)14(16)18/h5-8,10H,9H2,1-4H3/t10-/m1/s1. The van der Waals surface area contributed by atoms with Crippen molar-refractivity contribution < 1.29 is 19.1 Å². The summed E-state index contributed by atoms with van der Waals surface area (Å²) in [5, 5.41) is 0. The van der Waals surface area contributed by atoms with Crippen LogP contribution in [-0.2, 0) is 9.47 Å². The molecule has 0 saturated heterocycles. The maximum atomic E-state index is 12.3. The summed E-state index contributed by atoms with van der Waals surface area (Å²) in [6.07, 6.45) is 0.408. The van der Waals surface area contributed by atoms with Crippen molar-refractivity contribution in [1.29, 1.82) is 0 Å². The number of imide groups is 1. The molecule has 0 aliphatic carbocycles. The summed E-state index contributed by atoms with van der Waals surface area (Å²) < 4.78 is 10.6. The van der Waals surface area contributed by atoms with Crippen LogP contribution in [0.25, 0.3) is 0 Å². The minimum absolute atomic E-state index is 0.257. The molecule has 0 radical (unpaired) electrons. The van der Waals surface area contributed by atoms with E-state index in [1.165, 1.54) is 4.90 Å². The van der Waals surface area contributed by atoms with Crippen molar-refractivity contribution in [1.82, 2.24) is 4.90 Å². The summed E-state index contributed by atoms with van der Waals surface area (Å²) in [6.45, 7) is 3.60. The monoisotopic (exact) mass is 277 g/mol. The number of carbonyl (C=O) groups is 2. The number of carbonyl (C=O) groups excluding carboxylic acids is 2. The summed E-state index contributed by atoms with van der Waals surface area (Å²) >= 11 is 0. The lowest BCUT2D eigenvalue weighted by molar-refractivity contribution is -0.202. The second-order valence-corrected chi connectivity index (χ2v) is 5.12. The minimum Gasteiger partial charge on any atom is -0.353 e. The molecular formula is C15H19NO4. The highest BCUT2D eigenvalue weighted by molar-refractivity contribution is 6.21. The number of hydrogen-bond acceptors (Lipinski definition) is 4. The SMILES string of the molecule is COC(C)(C[C@@H](C)N1C(=O)c2ccccc2C1=O)OC. The first kappa shape index (κ1) is 14.7. The smallest absolute Gasteiger partial charge is 0.261 e. The van der Waals surface area contributed by atoms with E-state index >= 15 is 0 Å². The number of ether oxygens (including phenoxy) is 2. The summed E-state index contributed by atoms with van der Waals surface area (Å²) in [7, 11) is 3.08. The van der Waals surface area contributed by atoms with E-state index in [0.29, 0.717) is 17.5 Å². The largest absolute Gasteiger partial charge is 0.353 e. The van der Waals surface area contributed by atoms with E-state index in [4.69, 9.17) is 9.47 Å². The highest BCUT2D eigenvalue weighted by atomic mass is 16.7. The molecule has 2 rings (SSSR count). The Morgan fingerprint density at radius 2 is 1.55 bits per heavy atom. The van der Waals surface area contributed by atoms with E-state index in [-0.39, 0.29) is 17.9 Å². The molecule has 108 valence electrons. The normalized spacial score (nSPS) is 16.5. The fraction of sp³-hybridized carbons (Fsp3) is 0.467. The van der Waals surface area contributed by atoms with Crippen molar-refractivity contribution >= 4 is 11.8 Å². The number of amides is 2. The van der Waals surface area contributed by atoms with Gasteiger partial charge in [-0.05, 0) is 26.0 Å². The molecule has 0 saturated carbocycles. The van der Waals surface area contributed by atoms with Crippen LogP contribution in [0, 0.1) is 0 Å². The third kappa shape index (κ3) is 2.34. The van der Waals surface area contributed by atoms with Gasteiger partial charge in [0, 0.05) is 26.7 Å². The molecule has 1 heterocycles. The molecule has 20 heavy (non-hydrogen) atoms. The van der Waals surface area contributed by atoms with Crippen LogP contribution in [0.4, 0.5) is 0 Å². The third-order valence-electron chi connectivity index (χ3n) is 3.80. The van der Waals surface area contributed by atoms with Crippen molar-refractivity contribution in [3.8, 4) is 0 Å². The maximum Gasteiger partial charge on any atom is 0.261 e. The number of hydrogen-bond donors (Lipinski definition) is 0. The zero-order chi connectivity index (χ0) is 14.9. The van der Waals surface area contributed by atoms with Gasteiger partial charge >= 0.3 is 0 Å². The first-order valence-electron chi connectivity index (χ1n) is 6.50.